The van der Waals surface area contributed by atoms with E-state index in [-0.39, 0.29) is 17.9 Å². The zero-order valence-corrected chi connectivity index (χ0v) is 13.2. The van der Waals surface area contributed by atoms with E-state index in [9.17, 15) is 9.59 Å². The number of carbonyl (C=O) groups is 2. The molecule has 23 heavy (non-hydrogen) atoms. The van der Waals surface area contributed by atoms with E-state index in [4.69, 9.17) is 0 Å². The largest absolute Gasteiger partial charge is 0.350 e. The molecule has 2 amide bonds. The number of hydrogen-bond acceptors (Lipinski definition) is 2. The highest BCUT2D eigenvalue weighted by atomic mass is 16.2. The van der Waals surface area contributed by atoms with E-state index in [0.29, 0.717) is 18.7 Å². The van der Waals surface area contributed by atoms with Crippen LogP contribution in [0.15, 0.2) is 54.6 Å². The molecule has 0 saturated carbocycles. The first-order chi connectivity index (χ1) is 11.2. The highest BCUT2D eigenvalue weighted by molar-refractivity contribution is 5.94. The van der Waals surface area contributed by atoms with Crippen molar-refractivity contribution >= 4 is 11.8 Å². The molecule has 1 unspecified atom stereocenters. The Morgan fingerprint density at radius 2 is 1.78 bits per heavy atom. The van der Waals surface area contributed by atoms with Crippen LogP contribution in [0.4, 0.5) is 0 Å². The first kappa shape index (κ1) is 15.3. The summed E-state index contributed by atoms with van der Waals surface area (Å²) in [5, 5.41) is 2.96. The molecule has 0 spiro atoms. The first-order valence-corrected chi connectivity index (χ1v) is 7.85. The smallest absolute Gasteiger partial charge is 0.251 e. The molecule has 118 valence electrons. The number of amides is 2. The minimum atomic E-state index is -0.114. The van der Waals surface area contributed by atoms with Crippen LogP contribution in [0.5, 0.6) is 0 Å². The molecule has 1 N–H and O–H groups in total. The zero-order chi connectivity index (χ0) is 16.2. The summed E-state index contributed by atoms with van der Waals surface area (Å²) in [6.07, 6.45) is 0.860. The van der Waals surface area contributed by atoms with Crippen LogP contribution in [-0.2, 0) is 11.2 Å². The predicted octanol–water partition coefficient (Wildman–Crippen LogP) is 2.56. The maximum atomic E-state index is 12.3. The fourth-order valence-corrected chi connectivity index (χ4v) is 3.13. The average molecular weight is 308 g/mol. The van der Waals surface area contributed by atoms with E-state index in [1.54, 1.807) is 19.1 Å². The van der Waals surface area contributed by atoms with Gasteiger partial charge in [0.15, 0.2) is 0 Å². The van der Waals surface area contributed by atoms with Gasteiger partial charge in [0.25, 0.3) is 5.91 Å². The van der Waals surface area contributed by atoms with E-state index in [2.05, 4.69) is 11.4 Å². The summed E-state index contributed by atoms with van der Waals surface area (Å²) in [5.41, 5.74) is 3.01. The van der Waals surface area contributed by atoms with E-state index in [1.165, 1.54) is 5.56 Å². The molecule has 1 atom stereocenters. The Morgan fingerprint density at radius 3 is 2.52 bits per heavy atom. The minimum absolute atomic E-state index is 0.0402. The monoisotopic (exact) mass is 308 g/mol. The molecule has 0 aromatic heterocycles. The molecule has 3 rings (SSSR count). The van der Waals surface area contributed by atoms with Crippen molar-refractivity contribution in [1.29, 1.82) is 0 Å². The second-order valence-corrected chi connectivity index (χ2v) is 5.75. The van der Waals surface area contributed by atoms with E-state index in [0.717, 1.165) is 12.0 Å². The van der Waals surface area contributed by atoms with Crippen LogP contribution in [-0.4, -0.2) is 29.8 Å². The lowest BCUT2D eigenvalue weighted by Gasteiger charge is -2.37. The molecule has 1 aliphatic heterocycles. The third-order valence-electron chi connectivity index (χ3n) is 4.31. The molecule has 4 heteroatoms. The van der Waals surface area contributed by atoms with Gasteiger partial charge in [-0.3, -0.25) is 9.59 Å². The molecule has 0 radical (unpaired) electrons. The molecule has 1 heterocycles. The summed E-state index contributed by atoms with van der Waals surface area (Å²) in [6, 6.07) is 17.2. The van der Waals surface area contributed by atoms with Gasteiger partial charge in [-0.1, -0.05) is 42.5 Å². The third-order valence-corrected chi connectivity index (χ3v) is 4.31. The average Bonchev–Trinajstić information content (AvgIpc) is 2.59. The number of benzene rings is 2. The third kappa shape index (κ3) is 3.26. The van der Waals surface area contributed by atoms with Gasteiger partial charge in [0.05, 0.1) is 6.04 Å². The molecule has 4 nitrogen and oxygen atoms in total. The Labute approximate surface area is 136 Å². The van der Waals surface area contributed by atoms with Crippen LogP contribution in [0.25, 0.3) is 0 Å². The van der Waals surface area contributed by atoms with Crippen molar-refractivity contribution in [1.82, 2.24) is 10.2 Å². The number of nitrogens with zero attached hydrogens (tertiary/aromatic N) is 1. The topological polar surface area (TPSA) is 49.4 Å². The van der Waals surface area contributed by atoms with E-state index < -0.39 is 0 Å². The van der Waals surface area contributed by atoms with Crippen LogP contribution in [0.3, 0.4) is 0 Å². The fraction of sp³-hybridized carbons (Fsp3) is 0.263. The lowest BCUT2D eigenvalue weighted by Crippen LogP contribution is -2.44. The van der Waals surface area contributed by atoms with E-state index in [1.807, 2.05) is 41.3 Å². The summed E-state index contributed by atoms with van der Waals surface area (Å²) in [4.78, 5) is 26.0. The normalized spacial score (nSPS) is 16.6. The summed E-state index contributed by atoms with van der Waals surface area (Å²) >= 11 is 0. The molecule has 1 aliphatic rings. The summed E-state index contributed by atoms with van der Waals surface area (Å²) in [7, 11) is 0. The summed E-state index contributed by atoms with van der Waals surface area (Å²) in [5.74, 6) is -0.0735. The van der Waals surface area contributed by atoms with Crippen molar-refractivity contribution < 1.29 is 9.59 Å². The molecule has 2 aromatic carbocycles. The van der Waals surface area contributed by atoms with Gasteiger partial charge in [-0.2, -0.15) is 0 Å². The molecule has 2 aromatic rings. The predicted molar refractivity (Wildman–Crippen MR) is 89.0 cm³/mol. The number of fused-ring (bicyclic) bond motifs is 1. The standard InChI is InChI=1S/C19H20N2O2/c1-14(22)21-12-11-15-7-5-6-10-17(15)18(21)13-20-19(23)16-8-3-2-4-9-16/h2-10,18H,11-13H2,1H3,(H,20,23). The van der Waals surface area contributed by atoms with Crippen molar-refractivity contribution in [2.75, 3.05) is 13.1 Å². The Balaban J connectivity index is 1.78. The lowest BCUT2D eigenvalue weighted by atomic mass is 9.92. The van der Waals surface area contributed by atoms with Gasteiger partial charge in [-0.25, -0.2) is 0 Å². The van der Waals surface area contributed by atoms with Crippen molar-refractivity contribution in [3.05, 3.63) is 71.3 Å². The fourth-order valence-electron chi connectivity index (χ4n) is 3.13. The minimum Gasteiger partial charge on any atom is -0.350 e. The van der Waals surface area contributed by atoms with Crippen LogP contribution >= 0.6 is 0 Å². The number of nitrogens with one attached hydrogen (secondary N) is 1. The molecule has 0 fully saturated rings. The van der Waals surface area contributed by atoms with Gasteiger partial charge in [0, 0.05) is 25.6 Å². The van der Waals surface area contributed by atoms with Gasteiger partial charge in [0.2, 0.25) is 5.91 Å². The van der Waals surface area contributed by atoms with Crippen LogP contribution in [0.2, 0.25) is 0 Å². The second kappa shape index (κ2) is 6.65. The van der Waals surface area contributed by atoms with Crippen molar-refractivity contribution in [2.45, 2.75) is 19.4 Å². The molecule has 0 aliphatic carbocycles. The second-order valence-electron chi connectivity index (χ2n) is 5.75. The molecule has 0 bridgehead atoms. The van der Waals surface area contributed by atoms with Gasteiger partial charge in [0.1, 0.15) is 0 Å². The van der Waals surface area contributed by atoms with Crippen LogP contribution in [0.1, 0.15) is 34.5 Å². The van der Waals surface area contributed by atoms with Crippen LogP contribution in [0, 0.1) is 0 Å². The number of carbonyl (C=O) groups excluding carboxylic acids is 2. The lowest BCUT2D eigenvalue weighted by molar-refractivity contribution is -0.131. The summed E-state index contributed by atoms with van der Waals surface area (Å²) < 4.78 is 0. The Morgan fingerprint density at radius 1 is 1.09 bits per heavy atom. The molecular weight excluding hydrogens is 288 g/mol. The highest BCUT2D eigenvalue weighted by Crippen LogP contribution is 2.29. The SMILES string of the molecule is CC(=O)N1CCc2ccccc2C1CNC(=O)c1ccccc1. The molecular formula is C19H20N2O2. The Bertz CT molecular complexity index is 712. The van der Waals surface area contributed by atoms with Crippen LogP contribution < -0.4 is 5.32 Å². The first-order valence-electron chi connectivity index (χ1n) is 7.85. The Kier molecular flexibility index (Phi) is 4.42. The van der Waals surface area contributed by atoms with Gasteiger partial charge in [-0.15, -0.1) is 0 Å². The van der Waals surface area contributed by atoms with Crippen molar-refractivity contribution in [3.8, 4) is 0 Å². The Hall–Kier alpha value is -2.62. The van der Waals surface area contributed by atoms with Gasteiger partial charge in [-0.05, 0) is 29.7 Å². The number of hydrogen-bond donors (Lipinski definition) is 1. The van der Waals surface area contributed by atoms with E-state index >= 15 is 0 Å². The number of rotatable bonds is 3. The van der Waals surface area contributed by atoms with Crippen molar-refractivity contribution in [3.63, 3.8) is 0 Å². The zero-order valence-electron chi connectivity index (χ0n) is 13.2. The highest BCUT2D eigenvalue weighted by Gasteiger charge is 2.29. The quantitative estimate of drug-likeness (QED) is 0.947. The van der Waals surface area contributed by atoms with Gasteiger partial charge < -0.3 is 10.2 Å². The van der Waals surface area contributed by atoms with Crippen molar-refractivity contribution in [2.24, 2.45) is 0 Å². The summed E-state index contributed by atoms with van der Waals surface area (Å²) in [6.45, 7) is 2.70. The maximum absolute atomic E-state index is 12.3. The molecule has 0 saturated heterocycles. The van der Waals surface area contributed by atoms with Gasteiger partial charge >= 0.3 is 0 Å². The maximum Gasteiger partial charge on any atom is 0.251 e.